The molecule has 3 heteroatoms. The van der Waals surface area contributed by atoms with Gasteiger partial charge < -0.3 is 15.0 Å². The second-order valence-corrected chi connectivity index (χ2v) is 6.14. The maximum atomic E-state index is 5.80. The van der Waals surface area contributed by atoms with Crippen molar-refractivity contribution in [1.29, 1.82) is 0 Å². The zero-order valence-electron chi connectivity index (χ0n) is 12.0. The fourth-order valence-corrected chi connectivity index (χ4v) is 3.18. The van der Waals surface area contributed by atoms with Crippen molar-refractivity contribution in [3.8, 4) is 0 Å². The first kappa shape index (κ1) is 12.9. The van der Waals surface area contributed by atoms with E-state index in [0.717, 1.165) is 26.2 Å². The van der Waals surface area contributed by atoms with Gasteiger partial charge in [0.2, 0.25) is 0 Å². The van der Waals surface area contributed by atoms with Crippen LogP contribution in [0.5, 0.6) is 0 Å². The van der Waals surface area contributed by atoms with E-state index in [2.05, 4.69) is 42.4 Å². The van der Waals surface area contributed by atoms with Crippen LogP contribution >= 0.6 is 0 Å². The topological polar surface area (TPSA) is 24.5 Å². The number of nitrogens with one attached hydrogen (secondary N) is 1. The van der Waals surface area contributed by atoms with Gasteiger partial charge in [-0.2, -0.15) is 0 Å². The number of fused-ring (bicyclic) bond motifs is 1. The van der Waals surface area contributed by atoms with Gasteiger partial charge >= 0.3 is 0 Å². The number of likely N-dealkylation sites (N-methyl/N-ethyl adjacent to an activating group) is 1. The largest absolute Gasteiger partial charge is 0.374 e. The molecular formula is C16H24N2O. The van der Waals surface area contributed by atoms with E-state index in [1.165, 1.54) is 36.1 Å². The minimum absolute atomic E-state index is 0.0525. The van der Waals surface area contributed by atoms with E-state index in [-0.39, 0.29) is 5.60 Å². The van der Waals surface area contributed by atoms with Gasteiger partial charge in [-0.1, -0.05) is 12.1 Å². The third-order valence-corrected chi connectivity index (χ3v) is 4.40. The summed E-state index contributed by atoms with van der Waals surface area (Å²) in [6, 6.07) is 6.85. The zero-order chi connectivity index (χ0) is 13.3. The predicted molar refractivity (Wildman–Crippen MR) is 78.7 cm³/mol. The highest BCUT2D eigenvalue weighted by Gasteiger charge is 2.29. The van der Waals surface area contributed by atoms with Gasteiger partial charge in [-0.15, -0.1) is 0 Å². The van der Waals surface area contributed by atoms with Crippen LogP contribution in [0.15, 0.2) is 18.2 Å². The molecular weight excluding hydrogens is 236 g/mol. The lowest BCUT2D eigenvalue weighted by molar-refractivity contribution is 0.0207. The molecule has 1 unspecified atom stereocenters. The van der Waals surface area contributed by atoms with E-state index in [4.69, 9.17) is 4.74 Å². The number of hydrogen-bond donors (Lipinski definition) is 1. The summed E-state index contributed by atoms with van der Waals surface area (Å²) in [5.41, 5.74) is 4.33. The Kier molecular flexibility index (Phi) is 3.50. The van der Waals surface area contributed by atoms with Crippen molar-refractivity contribution in [2.45, 2.75) is 38.3 Å². The summed E-state index contributed by atoms with van der Waals surface area (Å²) in [5, 5.41) is 3.55. The Morgan fingerprint density at radius 2 is 2.32 bits per heavy atom. The van der Waals surface area contributed by atoms with E-state index >= 15 is 0 Å². The number of hydrogen-bond acceptors (Lipinski definition) is 3. The minimum Gasteiger partial charge on any atom is -0.374 e. The lowest BCUT2D eigenvalue weighted by Gasteiger charge is -2.23. The van der Waals surface area contributed by atoms with Crippen molar-refractivity contribution in [2.75, 3.05) is 31.6 Å². The third-order valence-electron chi connectivity index (χ3n) is 4.40. The van der Waals surface area contributed by atoms with Crippen molar-refractivity contribution in [2.24, 2.45) is 0 Å². The Hall–Kier alpha value is -1.06. The molecule has 19 heavy (non-hydrogen) atoms. The highest BCUT2D eigenvalue weighted by atomic mass is 16.5. The van der Waals surface area contributed by atoms with Crippen molar-refractivity contribution >= 4 is 5.69 Å². The Balaban J connectivity index is 1.56. The molecule has 104 valence electrons. The van der Waals surface area contributed by atoms with Gasteiger partial charge in [0.1, 0.15) is 0 Å². The van der Waals surface area contributed by atoms with Crippen LogP contribution < -0.4 is 10.2 Å². The lowest BCUT2D eigenvalue weighted by Crippen LogP contribution is -2.36. The van der Waals surface area contributed by atoms with Gasteiger partial charge in [0.25, 0.3) is 0 Å². The average molecular weight is 260 g/mol. The second kappa shape index (κ2) is 5.14. The summed E-state index contributed by atoms with van der Waals surface area (Å²) in [6.45, 7) is 6.17. The molecule has 1 fully saturated rings. The van der Waals surface area contributed by atoms with Crippen molar-refractivity contribution in [1.82, 2.24) is 5.32 Å². The molecule has 1 atom stereocenters. The molecule has 0 aromatic heterocycles. The van der Waals surface area contributed by atoms with Crippen molar-refractivity contribution in [3.63, 3.8) is 0 Å². The van der Waals surface area contributed by atoms with Gasteiger partial charge in [0.15, 0.2) is 0 Å². The molecule has 0 saturated carbocycles. The third kappa shape index (κ3) is 2.77. The highest BCUT2D eigenvalue weighted by molar-refractivity contribution is 5.58. The molecule has 2 aliphatic heterocycles. The van der Waals surface area contributed by atoms with E-state index < -0.39 is 0 Å². The van der Waals surface area contributed by atoms with Gasteiger partial charge in [0.05, 0.1) is 5.60 Å². The molecule has 0 radical (unpaired) electrons. The van der Waals surface area contributed by atoms with Crippen LogP contribution in [0.25, 0.3) is 0 Å². The van der Waals surface area contributed by atoms with E-state index in [9.17, 15) is 0 Å². The van der Waals surface area contributed by atoms with Gasteiger partial charge in [-0.25, -0.2) is 0 Å². The summed E-state index contributed by atoms with van der Waals surface area (Å²) >= 11 is 0. The van der Waals surface area contributed by atoms with Gasteiger partial charge in [0, 0.05) is 39.0 Å². The molecule has 0 bridgehead atoms. The number of rotatable bonds is 4. The Morgan fingerprint density at radius 1 is 1.42 bits per heavy atom. The number of nitrogens with zero attached hydrogens (tertiary/aromatic N) is 1. The van der Waals surface area contributed by atoms with Crippen molar-refractivity contribution in [3.05, 3.63) is 29.3 Å². The van der Waals surface area contributed by atoms with Crippen LogP contribution in [-0.2, 0) is 17.7 Å². The molecule has 1 aromatic rings. The average Bonchev–Trinajstić information content (AvgIpc) is 2.97. The predicted octanol–water partition coefficient (Wildman–Crippen LogP) is 2.34. The van der Waals surface area contributed by atoms with E-state index in [1.54, 1.807) is 0 Å². The van der Waals surface area contributed by atoms with Crippen LogP contribution in [0.2, 0.25) is 0 Å². The Bertz CT molecular complexity index is 452. The van der Waals surface area contributed by atoms with Crippen LogP contribution in [0, 0.1) is 0 Å². The first-order valence-electron chi connectivity index (χ1n) is 7.34. The standard InChI is InChI=1S/C16H24N2O/c1-16(7-3-9-19-16)12-17-11-13-4-5-15-14(10-13)6-8-18(15)2/h4-5,10,17H,3,6-9,11-12H2,1-2H3. The van der Waals surface area contributed by atoms with Gasteiger partial charge in [-0.3, -0.25) is 0 Å². The van der Waals surface area contributed by atoms with Crippen LogP contribution in [0.1, 0.15) is 30.9 Å². The molecule has 2 heterocycles. The summed E-state index contributed by atoms with van der Waals surface area (Å²) in [7, 11) is 2.17. The zero-order valence-corrected chi connectivity index (χ0v) is 12.0. The quantitative estimate of drug-likeness (QED) is 0.899. The van der Waals surface area contributed by atoms with E-state index in [1.807, 2.05) is 0 Å². The summed E-state index contributed by atoms with van der Waals surface area (Å²) in [4.78, 5) is 2.33. The van der Waals surface area contributed by atoms with Crippen LogP contribution in [0.3, 0.4) is 0 Å². The molecule has 0 spiro atoms. The summed E-state index contributed by atoms with van der Waals surface area (Å²) in [5.74, 6) is 0. The van der Waals surface area contributed by atoms with Gasteiger partial charge in [-0.05, 0) is 43.4 Å². The fourth-order valence-electron chi connectivity index (χ4n) is 3.18. The monoisotopic (exact) mass is 260 g/mol. The van der Waals surface area contributed by atoms with E-state index in [0.29, 0.717) is 0 Å². The first-order chi connectivity index (χ1) is 9.16. The maximum absolute atomic E-state index is 5.80. The molecule has 1 aromatic carbocycles. The Labute approximate surface area is 115 Å². The van der Waals surface area contributed by atoms with Crippen LogP contribution in [0.4, 0.5) is 5.69 Å². The first-order valence-corrected chi connectivity index (χ1v) is 7.34. The number of anilines is 1. The summed E-state index contributed by atoms with van der Waals surface area (Å²) < 4.78 is 5.80. The van der Waals surface area contributed by atoms with Crippen LogP contribution in [-0.4, -0.2) is 32.3 Å². The minimum atomic E-state index is 0.0525. The Morgan fingerprint density at radius 3 is 3.11 bits per heavy atom. The summed E-state index contributed by atoms with van der Waals surface area (Å²) in [6.07, 6.45) is 3.55. The number of benzene rings is 1. The fraction of sp³-hybridized carbons (Fsp3) is 0.625. The molecule has 1 saturated heterocycles. The molecule has 2 aliphatic rings. The number of ether oxygens (including phenoxy) is 1. The molecule has 3 nitrogen and oxygen atoms in total. The maximum Gasteiger partial charge on any atom is 0.0779 e. The molecule has 0 amide bonds. The normalized spacial score (nSPS) is 25.9. The molecule has 0 aliphatic carbocycles. The smallest absolute Gasteiger partial charge is 0.0779 e. The molecule has 3 rings (SSSR count). The SMILES string of the molecule is CN1CCc2cc(CNCC3(C)CCCO3)ccc21. The molecule has 1 N–H and O–H groups in total. The van der Waals surface area contributed by atoms with Crippen molar-refractivity contribution < 1.29 is 4.74 Å². The highest BCUT2D eigenvalue weighted by Crippen LogP contribution is 2.27. The lowest BCUT2D eigenvalue weighted by atomic mass is 10.0. The second-order valence-electron chi connectivity index (χ2n) is 6.14.